The van der Waals surface area contributed by atoms with Crippen LogP contribution in [0, 0.1) is 0 Å². The Balaban J connectivity index is 1.97. The zero-order valence-corrected chi connectivity index (χ0v) is 11.9. The number of furan rings is 1. The first-order valence-electron chi connectivity index (χ1n) is 6.55. The van der Waals surface area contributed by atoms with Crippen LogP contribution in [0.15, 0.2) is 44.7 Å². The van der Waals surface area contributed by atoms with Crippen LogP contribution in [0.4, 0.5) is 0 Å². The van der Waals surface area contributed by atoms with Gasteiger partial charge in [0.1, 0.15) is 12.3 Å². The molecule has 112 valence electrons. The fraction of sp³-hybridized carbons (Fsp3) is 0.357. The Morgan fingerprint density at radius 3 is 2.81 bits per heavy atom. The van der Waals surface area contributed by atoms with E-state index >= 15 is 0 Å². The van der Waals surface area contributed by atoms with Gasteiger partial charge < -0.3 is 9.73 Å². The molecule has 2 rings (SSSR count). The first kappa shape index (κ1) is 14.8. The summed E-state index contributed by atoms with van der Waals surface area (Å²) in [6.07, 6.45) is 3.47. The minimum absolute atomic E-state index is 0.119. The number of aromatic nitrogens is 2. The molecule has 0 aliphatic carbocycles. The second-order valence-corrected chi connectivity index (χ2v) is 4.88. The molecule has 0 spiro atoms. The summed E-state index contributed by atoms with van der Waals surface area (Å²) in [6.45, 7) is 1.72. The van der Waals surface area contributed by atoms with Crippen molar-refractivity contribution in [2.24, 2.45) is 7.05 Å². The second-order valence-electron chi connectivity index (χ2n) is 4.88. The maximum atomic E-state index is 11.9. The lowest BCUT2D eigenvalue weighted by Gasteiger charge is -2.13. The molecule has 0 aromatic carbocycles. The van der Waals surface area contributed by atoms with Gasteiger partial charge in [0.15, 0.2) is 0 Å². The largest absolute Gasteiger partial charge is 0.469 e. The molecular weight excluding hydrogens is 274 g/mol. The van der Waals surface area contributed by atoms with Crippen molar-refractivity contribution < 1.29 is 9.21 Å². The Morgan fingerprint density at radius 1 is 1.38 bits per heavy atom. The lowest BCUT2D eigenvalue weighted by molar-refractivity contribution is -0.122. The van der Waals surface area contributed by atoms with Crippen LogP contribution in [0.5, 0.6) is 0 Å². The molecule has 0 bridgehead atoms. The van der Waals surface area contributed by atoms with Crippen LogP contribution in [0.1, 0.15) is 12.7 Å². The highest BCUT2D eigenvalue weighted by Crippen LogP contribution is 2.03. The highest BCUT2D eigenvalue weighted by molar-refractivity contribution is 5.76. The summed E-state index contributed by atoms with van der Waals surface area (Å²) in [5.74, 6) is 0.483. The quantitative estimate of drug-likeness (QED) is 0.832. The van der Waals surface area contributed by atoms with Crippen LogP contribution in [0.25, 0.3) is 0 Å². The third-order valence-corrected chi connectivity index (χ3v) is 3.07. The van der Waals surface area contributed by atoms with Crippen LogP contribution in [-0.4, -0.2) is 21.1 Å². The van der Waals surface area contributed by atoms with E-state index in [0.29, 0.717) is 6.42 Å². The minimum atomic E-state index is -0.517. The van der Waals surface area contributed by atoms with Gasteiger partial charge in [0.05, 0.1) is 6.26 Å². The van der Waals surface area contributed by atoms with Gasteiger partial charge in [-0.1, -0.05) is 0 Å². The van der Waals surface area contributed by atoms with Gasteiger partial charge in [0.2, 0.25) is 5.91 Å². The topological polar surface area (TPSA) is 86.2 Å². The SMILES string of the molecule is C[C@H](Cc1ccco1)NC(=O)Cn1ccc(=O)n(C)c1=O. The number of carbonyl (C=O) groups is 1. The van der Waals surface area contributed by atoms with Gasteiger partial charge in [-0.2, -0.15) is 0 Å². The number of rotatable bonds is 5. The fourth-order valence-corrected chi connectivity index (χ4v) is 1.99. The van der Waals surface area contributed by atoms with Gasteiger partial charge in [-0.3, -0.25) is 18.7 Å². The molecule has 0 saturated carbocycles. The first-order valence-corrected chi connectivity index (χ1v) is 6.55. The van der Waals surface area contributed by atoms with Crippen molar-refractivity contribution in [3.63, 3.8) is 0 Å². The molecule has 2 aromatic heterocycles. The number of nitrogens with one attached hydrogen (secondary N) is 1. The first-order chi connectivity index (χ1) is 9.97. The van der Waals surface area contributed by atoms with Crippen molar-refractivity contribution in [2.75, 3.05) is 0 Å². The summed E-state index contributed by atoms with van der Waals surface area (Å²) in [5, 5.41) is 2.78. The van der Waals surface area contributed by atoms with Gasteiger partial charge in [-0.15, -0.1) is 0 Å². The predicted molar refractivity (Wildman–Crippen MR) is 76.0 cm³/mol. The minimum Gasteiger partial charge on any atom is -0.469 e. The van der Waals surface area contributed by atoms with E-state index in [1.165, 1.54) is 23.9 Å². The van der Waals surface area contributed by atoms with Crippen molar-refractivity contribution in [3.8, 4) is 0 Å². The van der Waals surface area contributed by atoms with E-state index in [2.05, 4.69) is 5.32 Å². The van der Waals surface area contributed by atoms with Crippen LogP contribution in [0.2, 0.25) is 0 Å². The van der Waals surface area contributed by atoms with Crippen LogP contribution < -0.4 is 16.6 Å². The molecule has 0 fully saturated rings. The van der Waals surface area contributed by atoms with Crippen molar-refractivity contribution in [2.45, 2.75) is 25.9 Å². The lowest BCUT2D eigenvalue weighted by atomic mass is 10.2. The number of carbonyl (C=O) groups excluding carboxylic acids is 1. The van der Waals surface area contributed by atoms with Crippen molar-refractivity contribution in [1.82, 2.24) is 14.5 Å². The number of amides is 1. The summed E-state index contributed by atoms with van der Waals surface area (Å²) in [4.78, 5) is 35.0. The Kier molecular flexibility index (Phi) is 4.42. The smallest absolute Gasteiger partial charge is 0.331 e. The maximum absolute atomic E-state index is 11.9. The van der Waals surface area contributed by atoms with Crippen molar-refractivity contribution in [1.29, 1.82) is 0 Å². The van der Waals surface area contributed by atoms with E-state index in [4.69, 9.17) is 4.42 Å². The fourth-order valence-electron chi connectivity index (χ4n) is 1.99. The van der Waals surface area contributed by atoms with Crippen LogP contribution in [0.3, 0.4) is 0 Å². The van der Waals surface area contributed by atoms with E-state index < -0.39 is 11.2 Å². The normalized spacial score (nSPS) is 12.1. The molecule has 0 unspecified atom stereocenters. The second kappa shape index (κ2) is 6.25. The summed E-state index contributed by atoms with van der Waals surface area (Å²) >= 11 is 0. The number of nitrogens with zero attached hydrogens (tertiary/aromatic N) is 2. The average Bonchev–Trinajstić information content (AvgIpc) is 2.92. The molecule has 1 amide bonds. The summed E-state index contributed by atoms with van der Waals surface area (Å²) < 4.78 is 7.36. The van der Waals surface area contributed by atoms with E-state index in [0.717, 1.165) is 10.3 Å². The molecule has 1 atom stereocenters. The molecule has 0 aliphatic heterocycles. The summed E-state index contributed by atoms with van der Waals surface area (Å²) in [6, 6.07) is 4.75. The van der Waals surface area contributed by atoms with Gasteiger partial charge in [-0.05, 0) is 19.1 Å². The predicted octanol–water partition coefficient (Wildman–Crippen LogP) is -0.113. The van der Waals surface area contributed by atoms with E-state index in [-0.39, 0.29) is 18.5 Å². The van der Waals surface area contributed by atoms with Gasteiger partial charge in [-0.25, -0.2) is 4.79 Å². The monoisotopic (exact) mass is 291 g/mol. The molecule has 1 N–H and O–H groups in total. The molecule has 0 saturated heterocycles. The van der Waals surface area contributed by atoms with Gasteiger partial charge in [0.25, 0.3) is 5.56 Å². The van der Waals surface area contributed by atoms with Gasteiger partial charge in [0, 0.05) is 31.8 Å². The zero-order valence-electron chi connectivity index (χ0n) is 11.9. The molecule has 2 heterocycles. The standard InChI is InChI=1S/C14H17N3O4/c1-10(8-11-4-3-7-21-11)15-12(18)9-17-6-5-13(19)16(2)14(17)20/h3-7,10H,8-9H2,1-2H3,(H,15,18)/t10-/m1/s1. The third-order valence-electron chi connectivity index (χ3n) is 3.07. The average molecular weight is 291 g/mol. The van der Waals surface area contributed by atoms with E-state index in [1.807, 2.05) is 13.0 Å². The van der Waals surface area contributed by atoms with Crippen LogP contribution in [-0.2, 0) is 24.8 Å². The molecule has 7 nitrogen and oxygen atoms in total. The molecule has 2 aromatic rings. The zero-order chi connectivity index (χ0) is 15.4. The molecule has 7 heteroatoms. The maximum Gasteiger partial charge on any atom is 0.331 e. The Labute approximate surface area is 120 Å². The highest BCUT2D eigenvalue weighted by Gasteiger charge is 2.11. The summed E-state index contributed by atoms with van der Waals surface area (Å²) in [7, 11) is 1.37. The molecular formula is C14H17N3O4. The lowest BCUT2D eigenvalue weighted by Crippen LogP contribution is -2.42. The molecule has 21 heavy (non-hydrogen) atoms. The van der Waals surface area contributed by atoms with Gasteiger partial charge >= 0.3 is 5.69 Å². The Hall–Kier alpha value is -2.57. The number of hydrogen-bond donors (Lipinski definition) is 1. The Bertz CT molecular complexity index is 727. The number of hydrogen-bond acceptors (Lipinski definition) is 4. The summed E-state index contributed by atoms with van der Waals surface area (Å²) in [5.41, 5.74) is -0.917. The molecule has 0 aliphatic rings. The molecule has 0 radical (unpaired) electrons. The van der Waals surface area contributed by atoms with E-state index in [1.54, 1.807) is 12.3 Å². The third kappa shape index (κ3) is 3.71. The van der Waals surface area contributed by atoms with Crippen LogP contribution >= 0.6 is 0 Å². The van der Waals surface area contributed by atoms with E-state index in [9.17, 15) is 14.4 Å². The highest BCUT2D eigenvalue weighted by atomic mass is 16.3. The van der Waals surface area contributed by atoms with Crippen molar-refractivity contribution in [3.05, 3.63) is 57.3 Å². The Morgan fingerprint density at radius 2 is 2.14 bits per heavy atom. The van der Waals surface area contributed by atoms with Crippen molar-refractivity contribution >= 4 is 5.91 Å².